The van der Waals surface area contributed by atoms with Crippen LogP contribution in [0.3, 0.4) is 0 Å². The molecule has 19 heavy (non-hydrogen) atoms. The van der Waals surface area contributed by atoms with Crippen molar-refractivity contribution in [1.82, 2.24) is 9.88 Å². The van der Waals surface area contributed by atoms with E-state index in [0.29, 0.717) is 5.82 Å². The van der Waals surface area contributed by atoms with E-state index in [1.165, 1.54) is 0 Å². The van der Waals surface area contributed by atoms with E-state index in [2.05, 4.69) is 35.6 Å². The molecule has 0 saturated carbocycles. The van der Waals surface area contributed by atoms with Crippen LogP contribution in [0, 0.1) is 0 Å². The van der Waals surface area contributed by atoms with E-state index in [1.54, 1.807) is 18.3 Å². The average molecular weight is 263 g/mol. The Morgan fingerprint density at radius 1 is 1.26 bits per heavy atom. The van der Waals surface area contributed by atoms with Crippen molar-refractivity contribution in [2.45, 2.75) is 26.3 Å². The Morgan fingerprint density at radius 2 is 1.89 bits per heavy atom. The highest BCUT2D eigenvalue weighted by Crippen LogP contribution is 2.22. The first-order valence-electron chi connectivity index (χ1n) is 6.58. The third-order valence-corrected chi connectivity index (χ3v) is 3.54. The maximum absolute atomic E-state index is 11.2. The second kappa shape index (κ2) is 5.17. The van der Waals surface area contributed by atoms with Gasteiger partial charge in [0.15, 0.2) is 0 Å². The van der Waals surface area contributed by atoms with Crippen molar-refractivity contribution in [3.05, 3.63) is 23.9 Å². The molecule has 0 unspecified atom stereocenters. The number of carboxylic acid groups (broad SMARTS) is 1. The van der Waals surface area contributed by atoms with Gasteiger partial charge in [-0.25, -0.2) is 9.78 Å². The number of hydrogen-bond donors (Lipinski definition) is 1. The van der Waals surface area contributed by atoms with E-state index in [1.807, 2.05) is 0 Å². The van der Waals surface area contributed by atoms with Gasteiger partial charge in [-0.2, -0.15) is 0 Å². The Bertz CT molecular complexity index is 460. The fraction of sp³-hybridized carbons (Fsp3) is 0.571. The smallest absolute Gasteiger partial charge is 0.339 e. The minimum Gasteiger partial charge on any atom is -0.478 e. The number of carboxylic acids is 1. The zero-order chi connectivity index (χ0) is 14.0. The predicted octanol–water partition coefficient (Wildman–Crippen LogP) is 1.70. The van der Waals surface area contributed by atoms with E-state index in [9.17, 15) is 9.90 Å². The number of aromatic carboxylic acids is 1. The van der Waals surface area contributed by atoms with Gasteiger partial charge in [0.1, 0.15) is 11.4 Å². The highest BCUT2D eigenvalue weighted by Gasteiger charge is 2.27. The molecule has 1 fully saturated rings. The van der Waals surface area contributed by atoms with E-state index < -0.39 is 5.97 Å². The molecule has 0 bridgehead atoms. The summed E-state index contributed by atoms with van der Waals surface area (Å²) in [7, 11) is 0. The van der Waals surface area contributed by atoms with Crippen molar-refractivity contribution < 1.29 is 9.90 Å². The largest absolute Gasteiger partial charge is 0.478 e. The molecule has 2 heterocycles. The van der Waals surface area contributed by atoms with Gasteiger partial charge in [0, 0.05) is 37.9 Å². The van der Waals surface area contributed by atoms with Crippen LogP contribution in [0.5, 0.6) is 0 Å². The lowest BCUT2D eigenvalue weighted by atomic mass is 10.0. The zero-order valence-electron chi connectivity index (χ0n) is 11.8. The summed E-state index contributed by atoms with van der Waals surface area (Å²) in [6.45, 7) is 10.1. The number of pyridine rings is 1. The van der Waals surface area contributed by atoms with Gasteiger partial charge in [-0.1, -0.05) is 0 Å². The predicted molar refractivity (Wildman–Crippen MR) is 74.7 cm³/mol. The third-order valence-electron chi connectivity index (χ3n) is 3.54. The Labute approximate surface area is 113 Å². The van der Waals surface area contributed by atoms with Crippen molar-refractivity contribution >= 4 is 11.8 Å². The van der Waals surface area contributed by atoms with Gasteiger partial charge < -0.3 is 10.0 Å². The summed E-state index contributed by atoms with van der Waals surface area (Å²) in [4.78, 5) is 19.9. The summed E-state index contributed by atoms with van der Waals surface area (Å²) >= 11 is 0. The first-order chi connectivity index (χ1) is 8.89. The van der Waals surface area contributed by atoms with Crippen LogP contribution in [0.15, 0.2) is 18.3 Å². The number of carbonyl (C=O) groups is 1. The minimum atomic E-state index is -0.915. The van der Waals surface area contributed by atoms with Crippen molar-refractivity contribution in [3.8, 4) is 0 Å². The molecule has 1 aliphatic rings. The van der Waals surface area contributed by atoms with Crippen molar-refractivity contribution in [1.29, 1.82) is 0 Å². The molecule has 0 amide bonds. The Morgan fingerprint density at radius 3 is 2.42 bits per heavy atom. The molecule has 1 aromatic rings. The summed E-state index contributed by atoms with van der Waals surface area (Å²) < 4.78 is 0. The summed E-state index contributed by atoms with van der Waals surface area (Å²) in [5.74, 6) is -0.329. The van der Waals surface area contributed by atoms with Crippen LogP contribution in [0.1, 0.15) is 31.1 Å². The van der Waals surface area contributed by atoms with Crippen LogP contribution in [-0.4, -0.2) is 52.7 Å². The molecule has 0 spiro atoms. The van der Waals surface area contributed by atoms with Crippen LogP contribution < -0.4 is 4.90 Å². The molecule has 5 heteroatoms. The molecule has 104 valence electrons. The fourth-order valence-electron chi connectivity index (χ4n) is 2.40. The third kappa shape index (κ3) is 3.04. The van der Waals surface area contributed by atoms with Crippen LogP contribution in [0.4, 0.5) is 5.82 Å². The highest BCUT2D eigenvalue weighted by molar-refractivity contribution is 5.93. The van der Waals surface area contributed by atoms with E-state index in [4.69, 9.17) is 0 Å². The first-order valence-corrected chi connectivity index (χ1v) is 6.58. The molecule has 0 aliphatic carbocycles. The minimum absolute atomic E-state index is 0.159. The maximum atomic E-state index is 11.2. The molecule has 0 atom stereocenters. The molecule has 2 rings (SSSR count). The van der Waals surface area contributed by atoms with Crippen molar-refractivity contribution in [2.75, 3.05) is 31.1 Å². The van der Waals surface area contributed by atoms with Gasteiger partial charge in [-0.3, -0.25) is 4.90 Å². The van der Waals surface area contributed by atoms with Crippen molar-refractivity contribution in [2.24, 2.45) is 0 Å². The van der Waals surface area contributed by atoms with Gasteiger partial charge >= 0.3 is 5.97 Å². The topological polar surface area (TPSA) is 56.7 Å². The summed E-state index contributed by atoms with van der Waals surface area (Å²) in [5.41, 5.74) is 0.443. The van der Waals surface area contributed by atoms with Gasteiger partial charge in [0.25, 0.3) is 0 Å². The zero-order valence-corrected chi connectivity index (χ0v) is 11.8. The average Bonchev–Trinajstić information content (AvgIpc) is 2.38. The molecular formula is C14H21N3O2. The number of rotatable bonds is 2. The normalized spacial score (nSPS) is 17.5. The molecule has 1 aromatic heterocycles. The van der Waals surface area contributed by atoms with Crippen molar-refractivity contribution in [3.63, 3.8) is 0 Å². The van der Waals surface area contributed by atoms with Crippen LogP contribution in [0.25, 0.3) is 0 Å². The van der Waals surface area contributed by atoms with Gasteiger partial charge in [0.05, 0.1) is 0 Å². The molecule has 1 aliphatic heterocycles. The molecule has 0 aromatic carbocycles. The van der Waals surface area contributed by atoms with Gasteiger partial charge in [-0.05, 0) is 32.9 Å². The van der Waals surface area contributed by atoms with Gasteiger partial charge in [0.2, 0.25) is 0 Å². The van der Waals surface area contributed by atoms with E-state index >= 15 is 0 Å². The van der Waals surface area contributed by atoms with Crippen LogP contribution in [0.2, 0.25) is 0 Å². The molecule has 5 nitrogen and oxygen atoms in total. The molecule has 1 N–H and O–H groups in total. The SMILES string of the molecule is CC(C)(C)N1CCN(c2ncccc2C(=O)O)CC1. The Kier molecular flexibility index (Phi) is 3.75. The highest BCUT2D eigenvalue weighted by atomic mass is 16.4. The second-order valence-electron chi connectivity index (χ2n) is 5.82. The number of nitrogens with zero attached hydrogens (tertiary/aromatic N) is 3. The molecule has 0 radical (unpaired) electrons. The monoisotopic (exact) mass is 263 g/mol. The molecular weight excluding hydrogens is 242 g/mol. The first kappa shape index (κ1) is 13.8. The summed E-state index contributed by atoms with van der Waals surface area (Å²) in [6.07, 6.45) is 1.65. The maximum Gasteiger partial charge on any atom is 0.339 e. The number of piperazine rings is 1. The standard InChI is InChI=1S/C14H21N3O2/c1-14(2,3)17-9-7-16(8-10-17)12-11(13(18)19)5-4-6-15-12/h4-6H,7-10H2,1-3H3,(H,18,19). The van der Waals surface area contributed by atoms with E-state index in [0.717, 1.165) is 26.2 Å². The molecule has 1 saturated heterocycles. The van der Waals surface area contributed by atoms with E-state index in [-0.39, 0.29) is 11.1 Å². The lowest BCUT2D eigenvalue weighted by molar-refractivity contribution is 0.0696. The van der Waals surface area contributed by atoms with Crippen LogP contribution >= 0.6 is 0 Å². The lowest BCUT2D eigenvalue weighted by Crippen LogP contribution is -2.53. The Balaban J connectivity index is 2.12. The fourth-order valence-corrected chi connectivity index (χ4v) is 2.40. The lowest BCUT2D eigenvalue weighted by Gasteiger charge is -2.42. The summed E-state index contributed by atoms with van der Waals surface area (Å²) in [6, 6.07) is 3.28. The number of hydrogen-bond acceptors (Lipinski definition) is 4. The van der Waals surface area contributed by atoms with Gasteiger partial charge in [-0.15, -0.1) is 0 Å². The number of anilines is 1. The van der Waals surface area contributed by atoms with Crippen LogP contribution in [-0.2, 0) is 0 Å². The number of aromatic nitrogens is 1. The Hall–Kier alpha value is -1.62. The quantitative estimate of drug-likeness (QED) is 0.880. The second-order valence-corrected chi connectivity index (χ2v) is 5.82. The summed E-state index contributed by atoms with van der Waals surface area (Å²) in [5, 5.41) is 9.20.